The van der Waals surface area contributed by atoms with Crippen molar-refractivity contribution >= 4 is 17.6 Å². The van der Waals surface area contributed by atoms with Crippen LogP contribution in [-0.4, -0.2) is 42.6 Å². The summed E-state index contributed by atoms with van der Waals surface area (Å²) in [4.78, 5) is 23.7. The maximum Gasteiger partial charge on any atom is 0.471 e. The molecule has 5 nitrogen and oxygen atoms in total. The van der Waals surface area contributed by atoms with E-state index in [9.17, 15) is 22.8 Å². The summed E-state index contributed by atoms with van der Waals surface area (Å²) in [7, 11) is 0. The molecule has 0 saturated carbocycles. The average molecular weight is 329 g/mol. The molecule has 23 heavy (non-hydrogen) atoms. The molecule has 0 unspecified atom stereocenters. The maximum atomic E-state index is 12.3. The number of urea groups is 1. The van der Waals surface area contributed by atoms with Crippen molar-refractivity contribution in [1.29, 1.82) is 0 Å². The second-order valence-electron chi connectivity index (χ2n) is 5.43. The zero-order valence-corrected chi connectivity index (χ0v) is 12.4. The van der Waals surface area contributed by atoms with E-state index in [1.54, 1.807) is 24.3 Å². The van der Waals surface area contributed by atoms with E-state index in [0.717, 1.165) is 4.90 Å². The van der Waals surface area contributed by atoms with Gasteiger partial charge in [-0.25, -0.2) is 4.79 Å². The minimum Gasteiger partial charge on any atom is -0.338 e. The number of nitrogens with one attached hydrogen (secondary N) is 2. The first-order valence-electron chi connectivity index (χ1n) is 7.32. The molecule has 0 spiro atoms. The summed E-state index contributed by atoms with van der Waals surface area (Å²) in [6.07, 6.45) is -3.94. The monoisotopic (exact) mass is 329 g/mol. The quantitative estimate of drug-likeness (QED) is 0.895. The Morgan fingerprint density at radius 3 is 2.30 bits per heavy atom. The fourth-order valence-electron chi connectivity index (χ4n) is 2.45. The fourth-order valence-corrected chi connectivity index (χ4v) is 2.45. The molecule has 1 aliphatic heterocycles. The van der Waals surface area contributed by atoms with Crippen LogP contribution in [-0.2, 0) is 4.79 Å². The van der Waals surface area contributed by atoms with Crippen molar-refractivity contribution in [2.24, 2.45) is 5.92 Å². The van der Waals surface area contributed by atoms with Crippen molar-refractivity contribution in [3.8, 4) is 0 Å². The van der Waals surface area contributed by atoms with Crippen LogP contribution in [0.1, 0.15) is 12.8 Å². The Hall–Kier alpha value is -2.25. The third-order valence-corrected chi connectivity index (χ3v) is 3.73. The first kappa shape index (κ1) is 17.1. The van der Waals surface area contributed by atoms with E-state index in [1.165, 1.54) is 0 Å². The van der Waals surface area contributed by atoms with Crippen molar-refractivity contribution in [3.63, 3.8) is 0 Å². The number of hydrogen-bond donors (Lipinski definition) is 2. The lowest BCUT2D eigenvalue weighted by Crippen LogP contribution is -2.47. The van der Waals surface area contributed by atoms with Gasteiger partial charge in [-0.1, -0.05) is 18.2 Å². The first-order valence-corrected chi connectivity index (χ1v) is 7.32. The summed E-state index contributed by atoms with van der Waals surface area (Å²) in [5.41, 5.74) is 0.663. The van der Waals surface area contributed by atoms with Crippen LogP contribution in [0.4, 0.5) is 23.7 Å². The van der Waals surface area contributed by atoms with Gasteiger partial charge in [-0.2, -0.15) is 13.2 Å². The predicted molar refractivity (Wildman–Crippen MR) is 78.8 cm³/mol. The van der Waals surface area contributed by atoms with E-state index in [-0.39, 0.29) is 25.0 Å². The van der Waals surface area contributed by atoms with Crippen LogP contribution >= 0.6 is 0 Å². The number of benzene rings is 1. The lowest BCUT2D eigenvalue weighted by Gasteiger charge is -2.32. The topological polar surface area (TPSA) is 61.4 Å². The van der Waals surface area contributed by atoms with E-state index in [4.69, 9.17) is 0 Å². The van der Waals surface area contributed by atoms with Gasteiger partial charge in [-0.3, -0.25) is 4.79 Å². The highest BCUT2D eigenvalue weighted by atomic mass is 19.4. The largest absolute Gasteiger partial charge is 0.471 e. The number of hydrogen-bond acceptors (Lipinski definition) is 2. The summed E-state index contributed by atoms with van der Waals surface area (Å²) in [5, 5.41) is 5.36. The number of piperidine rings is 1. The number of para-hydroxylation sites is 1. The second-order valence-corrected chi connectivity index (χ2v) is 5.43. The smallest absolute Gasteiger partial charge is 0.338 e. The molecule has 0 aliphatic carbocycles. The number of likely N-dealkylation sites (tertiary alicyclic amines) is 1. The fraction of sp³-hybridized carbons (Fsp3) is 0.467. The Kier molecular flexibility index (Phi) is 5.46. The minimum absolute atomic E-state index is 0.0605. The summed E-state index contributed by atoms with van der Waals surface area (Å²) in [6, 6.07) is 8.57. The highest BCUT2D eigenvalue weighted by Gasteiger charge is 2.43. The summed E-state index contributed by atoms with van der Waals surface area (Å²) >= 11 is 0. The van der Waals surface area contributed by atoms with Crippen LogP contribution in [0.25, 0.3) is 0 Å². The molecule has 1 aromatic rings. The van der Waals surface area contributed by atoms with Crippen molar-refractivity contribution < 1.29 is 22.8 Å². The SMILES string of the molecule is O=C(NCC1CCN(C(=O)C(F)(F)F)CC1)Nc1ccccc1. The maximum absolute atomic E-state index is 12.3. The third-order valence-electron chi connectivity index (χ3n) is 3.73. The van der Waals surface area contributed by atoms with Crippen LogP contribution in [0.2, 0.25) is 0 Å². The van der Waals surface area contributed by atoms with Crippen molar-refractivity contribution in [3.05, 3.63) is 30.3 Å². The van der Waals surface area contributed by atoms with Crippen LogP contribution in [0.5, 0.6) is 0 Å². The Bertz CT molecular complexity index is 541. The van der Waals surface area contributed by atoms with Crippen molar-refractivity contribution in [2.75, 3.05) is 25.0 Å². The summed E-state index contributed by atoms with van der Waals surface area (Å²) in [6.45, 7) is 0.489. The van der Waals surface area contributed by atoms with Crippen LogP contribution in [0.3, 0.4) is 0 Å². The lowest BCUT2D eigenvalue weighted by molar-refractivity contribution is -0.186. The van der Waals surface area contributed by atoms with Gasteiger partial charge in [0, 0.05) is 25.3 Å². The molecular weight excluding hydrogens is 311 g/mol. The minimum atomic E-state index is -4.82. The molecule has 2 N–H and O–H groups in total. The van der Waals surface area contributed by atoms with E-state index in [2.05, 4.69) is 10.6 Å². The van der Waals surface area contributed by atoms with Gasteiger partial charge in [0.2, 0.25) is 0 Å². The standard InChI is InChI=1S/C15H18F3N3O2/c16-15(17,18)13(22)21-8-6-11(7-9-21)10-19-14(23)20-12-4-2-1-3-5-12/h1-5,11H,6-10H2,(H2,19,20,23). The van der Waals surface area contributed by atoms with Crippen LogP contribution in [0, 0.1) is 5.92 Å². The number of nitrogens with zero attached hydrogens (tertiary/aromatic N) is 1. The number of anilines is 1. The highest BCUT2D eigenvalue weighted by Crippen LogP contribution is 2.23. The Balaban J connectivity index is 1.70. The molecule has 0 aromatic heterocycles. The number of carbonyl (C=O) groups excluding carboxylic acids is 2. The average Bonchev–Trinajstić information content (AvgIpc) is 2.53. The molecule has 1 fully saturated rings. The summed E-state index contributed by atoms with van der Waals surface area (Å²) in [5.74, 6) is -1.72. The van der Waals surface area contributed by atoms with Crippen LogP contribution < -0.4 is 10.6 Å². The zero-order chi connectivity index (χ0) is 16.9. The molecule has 0 bridgehead atoms. The van der Waals surface area contributed by atoms with E-state index >= 15 is 0 Å². The lowest BCUT2D eigenvalue weighted by atomic mass is 9.97. The summed E-state index contributed by atoms with van der Waals surface area (Å²) < 4.78 is 37.0. The van der Waals surface area contributed by atoms with Gasteiger partial charge in [0.1, 0.15) is 0 Å². The Labute approximate surface area is 131 Å². The number of alkyl halides is 3. The third kappa shape index (κ3) is 5.15. The van der Waals surface area contributed by atoms with Crippen molar-refractivity contribution in [2.45, 2.75) is 19.0 Å². The molecule has 1 heterocycles. The van der Waals surface area contributed by atoms with Gasteiger partial charge in [0.05, 0.1) is 0 Å². The van der Waals surface area contributed by atoms with Gasteiger partial charge < -0.3 is 15.5 Å². The van der Waals surface area contributed by atoms with Gasteiger partial charge in [0.25, 0.3) is 0 Å². The number of carbonyl (C=O) groups is 2. The molecule has 0 radical (unpaired) electrons. The van der Waals surface area contributed by atoms with Gasteiger partial charge in [-0.05, 0) is 30.9 Å². The number of rotatable bonds is 3. The van der Waals surface area contributed by atoms with Gasteiger partial charge in [0.15, 0.2) is 0 Å². The molecule has 1 aromatic carbocycles. The van der Waals surface area contributed by atoms with E-state index in [0.29, 0.717) is 25.1 Å². The van der Waals surface area contributed by atoms with Gasteiger partial charge in [-0.15, -0.1) is 0 Å². The molecule has 2 rings (SSSR count). The highest BCUT2D eigenvalue weighted by molar-refractivity contribution is 5.89. The van der Waals surface area contributed by atoms with E-state index < -0.39 is 12.1 Å². The van der Waals surface area contributed by atoms with Crippen molar-refractivity contribution in [1.82, 2.24) is 10.2 Å². The normalized spacial score (nSPS) is 16.0. The van der Waals surface area contributed by atoms with Crippen LogP contribution in [0.15, 0.2) is 30.3 Å². The molecule has 1 aliphatic rings. The molecule has 1 saturated heterocycles. The number of halogens is 3. The second kappa shape index (κ2) is 7.34. The molecule has 8 heteroatoms. The molecular formula is C15H18F3N3O2. The Morgan fingerprint density at radius 2 is 1.74 bits per heavy atom. The van der Waals surface area contributed by atoms with E-state index in [1.807, 2.05) is 6.07 Å². The molecule has 3 amide bonds. The predicted octanol–water partition coefficient (Wildman–Crippen LogP) is 2.61. The van der Waals surface area contributed by atoms with Gasteiger partial charge >= 0.3 is 18.1 Å². The molecule has 0 atom stereocenters. The number of amides is 3. The Morgan fingerprint density at radius 1 is 1.13 bits per heavy atom. The molecule has 126 valence electrons. The zero-order valence-electron chi connectivity index (χ0n) is 12.4. The first-order chi connectivity index (χ1) is 10.9.